The highest BCUT2D eigenvalue weighted by atomic mass is 79.9. The maximum absolute atomic E-state index is 13.5. The summed E-state index contributed by atoms with van der Waals surface area (Å²) in [5.74, 6) is -1.79. The Hall–Kier alpha value is -1.01. The summed E-state index contributed by atoms with van der Waals surface area (Å²) >= 11 is 2.96. The second-order valence-electron chi connectivity index (χ2n) is 4.56. The van der Waals surface area contributed by atoms with E-state index in [2.05, 4.69) is 26.6 Å². The molecular weight excluding hydrogens is 306 g/mol. The third kappa shape index (κ3) is 2.54. The molecule has 1 fully saturated rings. The first-order valence-electron chi connectivity index (χ1n) is 5.63. The van der Waals surface area contributed by atoms with Gasteiger partial charge in [0.1, 0.15) is 11.6 Å². The smallest absolute Gasteiger partial charge is 0.244 e. The number of benzene rings is 1. The standard InChI is InChI=1S/C12H13BrF2N2O/c1-12(3-2-4-16-12)11(18)17-10-5-7(13)8(14)6-9(10)15/h5-6,16H,2-4H2,1H3,(H,17,18). The Labute approximate surface area is 112 Å². The molecule has 0 aromatic heterocycles. The minimum Gasteiger partial charge on any atom is -0.322 e. The highest BCUT2D eigenvalue weighted by molar-refractivity contribution is 9.10. The van der Waals surface area contributed by atoms with Crippen molar-refractivity contribution in [3.8, 4) is 0 Å². The average molecular weight is 319 g/mol. The Morgan fingerprint density at radius 3 is 2.78 bits per heavy atom. The van der Waals surface area contributed by atoms with Crippen LogP contribution in [0.25, 0.3) is 0 Å². The van der Waals surface area contributed by atoms with Crippen LogP contribution in [0.15, 0.2) is 16.6 Å². The minimum atomic E-state index is -0.786. The topological polar surface area (TPSA) is 41.1 Å². The highest BCUT2D eigenvalue weighted by Gasteiger charge is 2.36. The van der Waals surface area contributed by atoms with Gasteiger partial charge in [-0.3, -0.25) is 4.79 Å². The Bertz CT molecular complexity index is 487. The van der Waals surface area contributed by atoms with E-state index in [9.17, 15) is 13.6 Å². The van der Waals surface area contributed by atoms with Crippen molar-refractivity contribution in [2.75, 3.05) is 11.9 Å². The van der Waals surface area contributed by atoms with Crippen molar-refractivity contribution in [3.63, 3.8) is 0 Å². The van der Waals surface area contributed by atoms with Crippen LogP contribution in [-0.4, -0.2) is 18.0 Å². The molecule has 18 heavy (non-hydrogen) atoms. The van der Waals surface area contributed by atoms with E-state index in [1.165, 1.54) is 6.07 Å². The quantitative estimate of drug-likeness (QED) is 0.823. The van der Waals surface area contributed by atoms with Crippen LogP contribution in [0.5, 0.6) is 0 Å². The Morgan fingerprint density at radius 2 is 2.17 bits per heavy atom. The summed E-state index contributed by atoms with van der Waals surface area (Å²) in [5, 5.41) is 5.57. The van der Waals surface area contributed by atoms with Gasteiger partial charge in [-0.2, -0.15) is 0 Å². The average Bonchev–Trinajstić information content (AvgIpc) is 2.74. The lowest BCUT2D eigenvalue weighted by molar-refractivity contribution is -0.121. The lowest BCUT2D eigenvalue weighted by atomic mass is 9.99. The van der Waals surface area contributed by atoms with Crippen molar-refractivity contribution in [1.82, 2.24) is 5.32 Å². The summed E-state index contributed by atoms with van der Waals surface area (Å²) in [7, 11) is 0. The van der Waals surface area contributed by atoms with Gasteiger partial charge >= 0.3 is 0 Å². The second kappa shape index (κ2) is 4.93. The molecule has 2 rings (SSSR count). The third-order valence-electron chi connectivity index (χ3n) is 3.13. The van der Waals surface area contributed by atoms with Crippen LogP contribution in [0.4, 0.5) is 14.5 Å². The molecule has 1 aromatic carbocycles. The largest absolute Gasteiger partial charge is 0.322 e. The molecule has 1 aliphatic heterocycles. The van der Waals surface area contributed by atoms with Crippen LogP contribution < -0.4 is 10.6 Å². The van der Waals surface area contributed by atoms with Crippen LogP contribution in [0.3, 0.4) is 0 Å². The fraction of sp³-hybridized carbons (Fsp3) is 0.417. The van der Waals surface area contributed by atoms with Crippen molar-refractivity contribution in [3.05, 3.63) is 28.2 Å². The first kappa shape index (κ1) is 13.4. The Balaban J connectivity index is 2.19. The molecule has 1 saturated heterocycles. The summed E-state index contributed by atoms with van der Waals surface area (Å²) in [5.41, 5.74) is -0.712. The zero-order chi connectivity index (χ0) is 13.3. The zero-order valence-electron chi connectivity index (χ0n) is 9.82. The van der Waals surface area contributed by atoms with Gasteiger partial charge in [-0.1, -0.05) is 0 Å². The first-order chi connectivity index (χ1) is 8.42. The molecule has 1 aromatic rings. The molecule has 3 nitrogen and oxygen atoms in total. The molecule has 2 N–H and O–H groups in total. The molecule has 0 saturated carbocycles. The molecule has 1 amide bonds. The van der Waals surface area contributed by atoms with E-state index in [4.69, 9.17) is 0 Å². The Morgan fingerprint density at radius 1 is 1.44 bits per heavy atom. The van der Waals surface area contributed by atoms with E-state index < -0.39 is 17.2 Å². The summed E-state index contributed by atoms with van der Waals surface area (Å²) in [6, 6.07) is 1.96. The molecule has 98 valence electrons. The van der Waals surface area contributed by atoms with Gasteiger partial charge in [0, 0.05) is 6.07 Å². The molecular formula is C12H13BrF2N2O. The number of nitrogens with one attached hydrogen (secondary N) is 2. The number of halogens is 3. The summed E-state index contributed by atoms with van der Waals surface area (Å²) in [6.45, 7) is 2.53. The van der Waals surface area contributed by atoms with Crippen LogP contribution in [0.1, 0.15) is 19.8 Å². The highest BCUT2D eigenvalue weighted by Crippen LogP contribution is 2.26. The summed E-state index contributed by atoms with van der Waals surface area (Å²) in [4.78, 5) is 12.0. The third-order valence-corrected chi connectivity index (χ3v) is 3.74. The number of hydrogen-bond donors (Lipinski definition) is 2. The van der Waals surface area contributed by atoms with Gasteiger partial charge in [0.15, 0.2) is 0 Å². The molecule has 0 radical (unpaired) electrons. The second-order valence-corrected chi connectivity index (χ2v) is 5.42. The SMILES string of the molecule is CC1(C(=O)Nc2cc(Br)c(F)cc2F)CCCN1. The molecule has 1 heterocycles. The number of anilines is 1. The van der Waals surface area contributed by atoms with Crippen molar-refractivity contribution in [2.24, 2.45) is 0 Å². The van der Waals surface area contributed by atoms with Gasteiger partial charge < -0.3 is 10.6 Å². The van der Waals surface area contributed by atoms with Crippen molar-refractivity contribution < 1.29 is 13.6 Å². The van der Waals surface area contributed by atoms with Gasteiger partial charge in [-0.15, -0.1) is 0 Å². The van der Waals surface area contributed by atoms with Crippen LogP contribution in [-0.2, 0) is 4.79 Å². The summed E-state index contributed by atoms with van der Waals surface area (Å²) < 4.78 is 26.7. The number of hydrogen-bond acceptors (Lipinski definition) is 2. The first-order valence-corrected chi connectivity index (χ1v) is 6.43. The zero-order valence-corrected chi connectivity index (χ0v) is 11.4. The summed E-state index contributed by atoms with van der Waals surface area (Å²) in [6.07, 6.45) is 1.60. The molecule has 1 unspecified atom stereocenters. The maximum Gasteiger partial charge on any atom is 0.244 e. The fourth-order valence-electron chi connectivity index (χ4n) is 1.97. The van der Waals surface area contributed by atoms with Gasteiger partial charge in [0.2, 0.25) is 5.91 Å². The van der Waals surface area contributed by atoms with Crippen molar-refractivity contribution in [1.29, 1.82) is 0 Å². The normalized spacial score (nSPS) is 23.1. The van der Waals surface area contributed by atoms with Crippen molar-refractivity contribution >= 4 is 27.5 Å². The van der Waals surface area contributed by atoms with E-state index in [1.54, 1.807) is 6.92 Å². The number of carbonyl (C=O) groups is 1. The predicted octanol–water partition coefficient (Wildman–Crippen LogP) is 2.81. The predicted molar refractivity (Wildman–Crippen MR) is 68.3 cm³/mol. The van der Waals surface area contributed by atoms with Gasteiger partial charge in [0.05, 0.1) is 15.7 Å². The molecule has 0 aliphatic carbocycles. The minimum absolute atomic E-state index is 0.0248. The molecule has 1 atom stereocenters. The van der Waals surface area contributed by atoms with Crippen LogP contribution in [0.2, 0.25) is 0 Å². The van der Waals surface area contributed by atoms with E-state index in [1.807, 2.05) is 0 Å². The van der Waals surface area contributed by atoms with E-state index in [-0.39, 0.29) is 16.1 Å². The lowest BCUT2D eigenvalue weighted by Gasteiger charge is -2.23. The lowest BCUT2D eigenvalue weighted by Crippen LogP contribution is -2.48. The molecule has 0 spiro atoms. The maximum atomic E-state index is 13.5. The molecule has 6 heteroatoms. The number of carbonyl (C=O) groups excluding carboxylic acids is 1. The van der Waals surface area contributed by atoms with Crippen molar-refractivity contribution in [2.45, 2.75) is 25.3 Å². The van der Waals surface area contributed by atoms with Gasteiger partial charge in [0.25, 0.3) is 0 Å². The Kier molecular flexibility index (Phi) is 3.68. The van der Waals surface area contributed by atoms with E-state index >= 15 is 0 Å². The van der Waals surface area contributed by atoms with E-state index in [0.717, 1.165) is 19.0 Å². The van der Waals surface area contributed by atoms with Gasteiger partial charge in [-0.25, -0.2) is 8.78 Å². The molecule has 1 aliphatic rings. The monoisotopic (exact) mass is 318 g/mol. The fourth-order valence-corrected chi connectivity index (χ4v) is 2.31. The number of rotatable bonds is 2. The number of amides is 1. The van der Waals surface area contributed by atoms with Gasteiger partial charge in [-0.05, 0) is 48.3 Å². The van der Waals surface area contributed by atoms with Crippen LogP contribution >= 0.6 is 15.9 Å². The van der Waals surface area contributed by atoms with E-state index in [0.29, 0.717) is 6.42 Å². The van der Waals surface area contributed by atoms with Crippen LogP contribution in [0, 0.1) is 11.6 Å². The molecule has 0 bridgehead atoms.